The third kappa shape index (κ3) is 4.95. The lowest BCUT2D eigenvalue weighted by Crippen LogP contribution is -2.28. The Bertz CT molecular complexity index is 935. The van der Waals surface area contributed by atoms with E-state index >= 15 is 0 Å². The zero-order chi connectivity index (χ0) is 19.8. The van der Waals surface area contributed by atoms with Crippen LogP contribution in [0, 0.1) is 0 Å². The van der Waals surface area contributed by atoms with Crippen LogP contribution in [0.3, 0.4) is 0 Å². The molecule has 0 saturated carbocycles. The summed E-state index contributed by atoms with van der Waals surface area (Å²) in [6, 6.07) is 26.5. The van der Waals surface area contributed by atoms with Gasteiger partial charge < -0.3 is 10.2 Å². The van der Waals surface area contributed by atoms with Crippen molar-refractivity contribution >= 4 is 17.5 Å². The second-order valence-electron chi connectivity index (χ2n) is 6.33. The summed E-state index contributed by atoms with van der Waals surface area (Å²) in [6.45, 7) is 4.47. The van der Waals surface area contributed by atoms with E-state index in [1.807, 2.05) is 72.8 Å². The molecule has 3 rings (SSSR count). The van der Waals surface area contributed by atoms with Crippen LogP contribution in [-0.4, -0.2) is 11.8 Å². The van der Waals surface area contributed by atoms with Crippen molar-refractivity contribution < 1.29 is 9.59 Å². The lowest BCUT2D eigenvalue weighted by atomic mass is 10.1. The van der Waals surface area contributed by atoms with E-state index in [1.165, 1.54) is 6.08 Å². The van der Waals surface area contributed by atoms with Crippen molar-refractivity contribution in [1.29, 1.82) is 0 Å². The number of benzene rings is 3. The van der Waals surface area contributed by atoms with Gasteiger partial charge in [0.05, 0.1) is 6.54 Å². The van der Waals surface area contributed by atoms with Crippen molar-refractivity contribution in [2.75, 3.05) is 4.90 Å². The standard InChI is InChI=1S/C24H22N2O2/c1-2-23(27)26(22-11-7-4-8-12-22)18-20-13-15-21(16-14-20)24(28)25-17-19-9-5-3-6-10-19/h2-16H,1,17-18H2,(H,25,28). The molecule has 4 heteroatoms. The lowest BCUT2D eigenvalue weighted by molar-refractivity contribution is -0.114. The highest BCUT2D eigenvalue weighted by molar-refractivity contribution is 6.01. The molecule has 2 amide bonds. The minimum absolute atomic E-state index is 0.127. The summed E-state index contributed by atoms with van der Waals surface area (Å²) in [4.78, 5) is 26.2. The zero-order valence-electron chi connectivity index (χ0n) is 15.5. The van der Waals surface area contributed by atoms with Gasteiger partial charge in [0.2, 0.25) is 0 Å². The Hall–Kier alpha value is -3.66. The van der Waals surface area contributed by atoms with Crippen molar-refractivity contribution in [3.8, 4) is 0 Å². The summed E-state index contributed by atoms with van der Waals surface area (Å²) >= 11 is 0. The lowest BCUT2D eigenvalue weighted by Gasteiger charge is -2.21. The van der Waals surface area contributed by atoms with Crippen molar-refractivity contribution in [2.24, 2.45) is 0 Å². The molecular weight excluding hydrogens is 348 g/mol. The third-order valence-electron chi connectivity index (χ3n) is 4.36. The maximum atomic E-state index is 12.3. The molecule has 0 spiro atoms. The highest BCUT2D eigenvalue weighted by Gasteiger charge is 2.13. The van der Waals surface area contributed by atoms with E-state index in [2.05, 4.69) is 11.9 Å². The Labute approximate surface area is 165 Å². The first-order valence-electron chi connectivity index (χ1n) is 9.07. The van der Waals surface area contributed by atoms with Gasteiger partial charge in [0.1, 0.15) is 0 Å². The normalized spacial score (nSPS) is 10.1. The Kier molecular flexibility index (Phi) is 6.37. The average molecular weight is 370 g/mol. The predicted octanol–water partition coefficient (Wildman–Crippen LogP) is 4.34. The van der Waals surface area contributed by atoms with Gasteiger partial charge in [0, 0.05) is 17.8 Å². The molecular formula is C24H22N2O2. The third-order valence-corrected chi connectivity index (χ3v) is 4.36. The van der Waals surface area contributed by atoms with Crippen molar-refractivity contribution in [3.05, 3.63) is 114 Å². The van der Waals surface area contributed by atoms with Crippen LogP contribution in [-0.2, 0) is 17.9 Å². The van der Waals surface area contributed by atoms with Gasteiger partial charge in [0.15, 0.2) is 0 Å². The molecule has 0 aliphatic carbocycles. The van der Waals surface area contributed by atoms with E-state index in [1.54, 1.807) is 17.0 Å². The van der Waals surface area contributed by atoms with Gasteiger partial charge in [-0.3, -0.25) is 9.59 Å². The molecule has 0 aromatic heterocycles. The number of carbonyl (C=O) groups is 2. The first kappa shape index (κ1) is 19.1. The van der Waals surface area contributed by atoms with Crippen molar-refractivity contribution in [1.82, 2.24) is 5.32 Å². The molecule has 0 unspecified atom stereocenters. The Balaban J connectivity index is 1.66. The first-order chi connectivity index (χ1) is 13.7. The van der Waals surface area contributed by atoms with Gasteiger partial charge in [0.25, 0.3) is 11.8 Å². The summed E-state index contributed by atoms with van der Waals surface area (Å²) < 4.78 is 0. The topological polar surface area (TPSA) is 49.4 Å². The number of carbonyl (C=O) groups excluding carboxylic acids is 2. The zero-order valence-corrected chi connectivity index (χ0v) is 15.5. The number of hydrogen-bond acceptors (Lipinski definition) is 2. The van der Waals surface area contributed by atoms with E-state index in [9.17, 15) is 9.59 Å². The van der Waals surface area contributed by atoms with Gasteiger partial charge in [-0.1, -0.05) is 67.2 Å². The van der Waals surface area contributed by atoms with Gasteiger partial charge in [-0.15, -0.1) is 0 Å². The summed E-state index contributed by atoms with van der Waals surface area (Å²) in [6.07, 6.45) is 1.30. The highest BCUT2D eigenvalue weighted by Crippen LogP contribution is 2.18. The largest absolute Gasteiger partial charge is 0.348 e. The van der Waals surface area contributed by atoms with E-state index in [4.69, 9.17) is 0 Å². The van der Waals surface area contributed by atoms with Crippen molar-refractivity contribution in [2.45, 2.75) is 13.1 Å². The maximum Gasteiger partial charge on any atom is 0.251 e. The Morgan fingerprint density at radius 1 is 0.821 bits per heavy atom. The number of amides is 2. The second-order valence-corrected chi connectivity index (χ2v) is 6.33. The van der Waals surface area contributed by atoms with Crippen LogP contribution >= 0.6 is 0 Å². The summed E-state index contributed by atoms with van der Waals surface area (Å²) in [5.74, 6) is -0.298. The number of rotatable bonds is 7. The summed E-state index contributed by atoms with van der Waals surface area (Å²) in [5, 5.41) is 2.91. The van der Waals surface area contributed by atoms with Gasteiger partial charge >= 0.3 is 0 Å². The number of hydrogen-bond donors (Lipinski definition) is 1. The van der Waals surface area contributed by atoms with Crippen LogP contribution in [0.4, 0.5) is 5.69 Å². The van der Waals surface area contributed by atoms with Crippen LogP contribution in [0.15, 0.2) is 97.6 Å². The molecule has 1 N–H and O–H groups in total. The highest BCUT2D eigenvalue weighted by atomic mass is 16.2. The number of nitrogens with one attached hydrogen (secondary N) is 1. The molecule has 0 bridgehead atoms. The quantitative estimate of drug-likeness (QED) is 0.629. The molecule has 3 aromatic rings. The van der Waals surface area contributed by atoms with E-state index < -0.39 is 0 Å². The monoisotopic (exact) mass is 370 g/mol. The SMILES string of the molecule is C=CC(=O)N(Cc1ccc(C(=O)NCc2ccccc2)cc1)c1ccccc1. The van der Waals surface area contributed by atoms with Gasteiger partial charge in [-0.05, 0) is 41.5 Å². The maximum absolute atomic E-state index is 12.3. The van der Waals surface area contributed by atoms with Crippen LogP contribution in [0.25, 0.3) is 0 Å². The molecule has 0 radical (unpaired) electrons. The van der Waals surface area contributed by atoms with E-state index in [0.717, 1.165) is 16.8 Å². The molecule has 0 aliphatic heterocycles. The first-order valence-corrected chi connectivity index (χ1v) is 9.07. The van der Waals surface area contributed by atoms with Crippen LogP contribution in [0.2, 0.25) is 0 Å². The molecule has 28 heavy (non-hydrogen) atoms. The number of para-hydroxylation sites is 1. The second kappa shape index (κ2) is 9.33. The fraction of sp³-hybridized carbons (Fsp3) is 0.0833. The van der Waals surface area contributed by atoms with E-state index in [-0.39, 0.29) is 11.8 Å². The van der Waals surface area contributed by atoms with E-state index in [0.29, 0.717) is 18.7 Å². The van der Waals surface area contributed by atoms with Crippen LogP contribution in [0.5, 0.6) is 0 Å². The fourth-order valence-corrected chi connectivity index (χ4v) is 2.84. The average Bonchev–Trinajstić information content (AvgIpc) is 2.77. The van der Waals surface area contributed by atoms with Crippen LogP contribution in [0.1, 0.15) is 21.5 Å². The molecule has 3 aromatic carbocycles. The predicted molar refractivity (Wildman–Crippen MR) is 112 cm³/mol. The molecule has 0 saturated heterocycles. The molecule has 0 fully saturated rings. The molecule has 140 valence electrons. The Morgan fingerprint density at radius 3 is 2.04 bits per heavy atom. The smallest absolute Gasteiger partial charge is 0.251 e. The number of nitrogens with zero attached hydrogens (tertiary/aromatic N) is 1. The van der Waals surface area contributed by atoms with Gasteiger partial charge in [-0.2, -0.15) is 0 Å². The molecule has 0 aliphatic rings. The van der Waals surface area contributed by atoms with Crippen molar-refractivity contribution in [3.63, 3.8) is 0 Å². The minimum Gasteiger partial charge on any atom is -0.348 e. The summed E-state index contributed by atoms with van der Waals surface area (Å²) in [7, 11) is 0. The Morgan fingerprint density at radius 2 is 1.43 bits per heavy atom. The number of anilines is 1. The fourth-order valence-electron chi connectivity index (χ4n) is 2.84. The van der Waals surface area contributed by atoms with Gasteiger partial charge in [-0.25, -0.2) is 0 Å². The minimum atomic E-state index is -0.170. The van der Waals surface area contributed by atoms with Crippen LogP contribution < -0.4 is 10.2 Å². The molecule has 0 atom stereocenters. The summed E-state index contributed by atoms with van der Waals surface area (Å²) in [5.41, 5.74) is 3.37. The molecule has 4 nitrogen and oxygen atoms in total. The molecule has 0 heterocycles.